The molecule has 4 rings (SSSR count). The molecule has 3 atom stereocenters. The number of hydrogen-bond acceptors (Lipinski definition) is 5. The lowest BCUT2D eigenvalue weighted by atomic mass is 9.86. The number of carbonyl (C=O) groups is 2. The summed E-state index contributed by atoms with van der Waals surface area (Å²) in [6.07, 6.45) is 3.63. The van der Waals surface area contributed by atoms with Crippen LogP contribution in [-0.2, 0) is 27.4 Å². The number of ether oxygens (including phenoxy) is 1. The molecule has 0 spiro atoms. The maximum atomic E-state index is 13.4. The van der Waals surface area contributed by atoms with Gasteiger partial charge in [-0.3, -0.25) is 9.59 Å². The van der Waals surface area contributed by atoms with Gasteiger partial charge in [-0.1, -0.05) is 79.7 Å². The van der Waals surface area contributed by atoms with E-state index in [2.05, 4.69) is 66.2 Å². The summed E-state index contributed by atoms with van der Waals surface area (Å²) in [5.41, 5.74) is 2.73. The van der Waals surface area contributed by atoms with Gasteiger partial charge in [0.25, 0.3) is 0 Å². The highest BCUT2D eigenvalue weighted by Crippen LogP contribution is 2.28. The predicted octanol–water partition coefficient (Wildman–Crippen LogP) is 6.67. The Morgan fingerprint density at radius 1 is 0.905 bits per heavy atom. The fourth-order valence-electron chi connectivity index (χ4n) is 5.02. The monoisotopic (exact) mass is 605 g/mol. The van der Waals surface area contributed by atoms with Crippen LogP contribution in [0.25, 0.3) is 0 Å². The van der Waals surface area contributed by atoms with Crippen molar-refractivity contribution in [2.24, 2.45) is 0 Å². The molecule has 42 heavy (non-hydrogen) atoms. The van der Waals surface area contributed by atoms with Gasteiger partial charge in [-0.15, -0.1) is 0 Å². The molecule has 6 nitrogen and oxygen atoms in total. The molecule has 222 valence electrons. The second-order valence-electron chi connectivity index (χ2n) is 10.5. The van der Waals surface area contributed by atoms with E-state index in [1.165, 1.54) is 16.7 Å². The van der Waals surface area contributed by atoms with Crippen LogP contribution in [0.15, 0.2) is 100 Å². The lowest BCUT2D eigenvalue weighted by Crippen LogP contribution is -2.58. The number of carbonyl (C=O) groups excluding carboxylic acids is 2. The molecule has 0 aromatic heterocycles. The molecule has 0 aliphatic heterocycles. The van der Waals surface area contributed by atoms with Gasteiger partial charge in [0, 0.05) is 46.4 Å². The van der Waals surface area contributed by atoms with Crippen LogP contribution in [0.1, 0.15) is 51.2 Å². The van der Waals surface area contributed by atoms with Gasteiger partial charge in [0.2, 0.25) is 11.8 Å². The Bertz CT molecular complexity index is 1330. The summed E-state index contributed by atoms with van der Waals surface area (Å²) in [6.45, 7) is 6.68. The standard InChI is InChI=1S/C34H40ClN3O3S/c1-4-28(5-2)41-32-20-26(34(40)37-22-24-11-15-27(35)16-12-24)19-31(33(32)38-23(3)39)36-21-25-13-17-30(18-14-25)42-29-9-7-6-8-10-29/h6-18,20,28,31-33,36H,4-5,19,21-22H2,1-3H3,(H,37,40)(H,38,39)/t31-,32+,33+/m0/s1. The van der Waals surface area contributed by atoms with Gasteiger partial charge in [-0.05, 0) is 72.9 Å². The molecule has 8 heteroatoms. The molecule has 0 radical (unpaired) electrons. The fourth-order valence-corrected chi connectivity index (χ4v) is 5.99. The van der Waals surface area contributed by atoms with E-state index in [4.69, 9.17) is 16.3 Å². The van der Waals surface area contributed by atoms with Crippen molar-refractivity contribution in [3.8, 4) is 0 Å². The molecule has 3 aromatic carbocycles. The normalized spacial score (nSPS) is 18.4. The molecule has 1 aliphatic rings. The van der Waals surface area contributed by atoms with E-state index in [9.17, 15) is 9.59 Å². The summed E-state index contributed by atoms with van der Waals surface area (Å²) < 4.78 is 6.49. The Morgan fingerprint density at radius 2 is 1.52 bits per heavy atom. The van der Waals surface area contributed by atoms with Gasteiger partial charge >= 0.3 is 0 Å². The van der Waals surface area contributed by atoms with Gasteiger partial charge in [0.1, 0.15) is 0 Å². The molecule has 0 saturated carbocycles. The van der Waals surface area contributed by atoms with E-state index < -0.39 is 6.10 Å². The zero-order valence-corrected chi connectivity index (χ0v) is 26.0. The molecule has 3 N–H and O–H groups in total. The summed E-state index contributed by atoms with van der Waals surface area (Å²) in [5, 5.41) is 10.4. The topological polar surface area (TPSA) is 79.5 Å². The minimum absolute atomic E-state index is 0.0225. The molecule has 0 fully saturated rings. The van der Waals surface area contributed by atoms with Crippen molar-refractivity contribution in [3.63, 3.8) is 0 Å². The minimum Gasteiger partial charge on any atom is -0.369 e. The van der Waals surface area contributed by atoms with Crippen LogP contribution in [0.3, 0.4) is 0 Å². The van der Waals surface area contributed by atoms with Crippen LogP contribution >= 0.6 is 23.4 Å². The van der Waals surface area contributed by atoms with Crippen molar-refractivity contribution in [1.82, 2.24) is 16.0 Å². The van der Waals surface area contributed by atoms with Gasteiger partial charge in [-0.25, -0.2) is 0 Å². The van der Waals surface area contributed by atoms with Gasteiger partial charge in [-0.2, -0.15) is 0 Å². The van der Waals surface area contributed by atoms with Crippen LogP contribution in [0.4, 0.5) is 0 Å². The van der Waals surface area contributed by atoms with E-state index >= 15 is 0 Å². The zero-order chi connectivity index (χ0) is 29.9. The molecule has 3 aromatic rings. The Morgan fingerprint density at radius 3 is 2.17 bits per heavy atom. The zero-order valence-electron chi connectivity index (χ0n) is 24.4. The Hall–Kier alpha value is -3.10. The van der Waals surface area contributed by atoms with Crippen molar-refractivity contribution >= 4 is 35.2 Å². The Labute approximate surface area is 258 Å². The summed E-state index contributed by atoms with van der Waals surface area (Å²) >= 11 is 7.73. The second-order valence-corrected chi connectivity index (χ2v) is 12.1. The molecule has 2 amide bonds. The smallest absolute Gasteiger partial charge is 0.247 e. The maximum absolute atomic E-state index is 13.4. The number of rotatable bonds is 13. The molecular weight excluding hydrogens is 566 g/mol. The first kappa shape index (κ1) is 31.8. The lowest BCUT2D eigenvalue weighted by Gasteiger charge is -2.39. The first-order chi connectivity index (χ1) is 20.3. The average molecular weight is 606 g/mol. The van der Waals surface area contributed by atoms with E-state index in [1.807, 2.05) is 48.5 Å². The van der Waals surface area contributed by atoms with Gasteiger partial charge in [0.15, 0.2) is 0 Å². The van der Waals surface area contributed by atoms with Crippen molar-refractivity contribution in [1.29, 1.82) is 0 Å². The highest BCUT2D eigenvalue weighted by Gasteiger charge is 2.37. The molecule has 0 saturated heterocycles. The van der Waals surface area contributed by atoms with E-state index in [0.29, 0.717) is 30.1 Å². The van der Waals surface area contributed by atoms with E-state index in [0.717, 1.165) is 24.0 Å². The van der Waals surface area contributed by atoms with E-state index in [-0.39, 0.29) is 30.0 Å². The summed E-state index contributed by atoms with van der Waals surface area (Å²) in [6, 6.07) is 25.7. The highest BCUT2D eigenvalue weighted by atomic mass is 35.5. The van der Waals surface area contributed by atoms with Crippen LogP contribution in [0.2, 0.25) is 5.02 Å². The first-order valence-corrected chi connectivity index (χ1v) is 15.7. The SMILES string of the molecule is CCC(CC)O[C@@H]1C=C(C(=O)NCc2ccc(Cl)cc2)C[C@H](NCc2ccc(Sc3ccccc3)cc2)[C@H]1NC(C)=O. The number of benzene rings is 3. The van der Waals surface area contributed by atoms with Crippen LogP contribution in [-0.4, -0.2) is 36.1 Å². The average Bonchev–Trinajstić information content (AvgIpc) is 3.00. The fraction of sp³-hybridized carbons (Fsp3) is 0.353. The van der Waals surface area contributed by atoms with Crippen molar-refractivity contribution in [3.05, 3.63) is 107 Å². The number of halogens is 1. The third-order valence-electron chi connectivity index (χ3n) is 7.35. The first-order valence-electron chi connectivity index (χ1n) is 14.6. The Kier molecular flexibility index (Phi) is 12.1. The highest BCUT2D eigenvalue weighted by molar-refractivity contribution is 7.99. The lowest BCUT2D eigenvalue weighted by molar-refractivity contribution is -0.121. The van der Waals surface area contributed by atoms with Crippen molar-refractivity contribution in [2.45, 2.75) is 87.2 Å². The maximum Gasteiger partial charge on any atom is 0.247 e. The largest absolute Gasteiger partial charge is 0.369 e. The third kappa shape index (κ3) is 9.46. The van der Waals surface area contributed by atoms with Crippen LogP contribution in [0, 0.1) is 0 Å². The van der Waals surface area contributed by atoms with Crippen molar-refractivity contribution in [2.75, 3.05) is 0 Å². The van der Waals surface area contributed by atoms with Gasteiger partial charge in [0.05, 0.1) is 18.2 Å². The van der Waals surface area contributed by atoms with Gasteiger partial charge < -0.3 is 20.7 Å². The summed E-state index contributed by atoms with van der Waals surface area (Å²) in [4.78, 5) is 28.0. The molecule has 0 bridgehead atoms. The number of nitrogens with one attached hydrogen (secondary N) is 3. The summed E-state index contributed by atoms with van der Waals surface area (Å²) in [5.74, 6) is -0.269. The molecular formula is C34H40ClN3O3S. The number of hydrogen-bond donors (Lipinski definition) is 3. The van der Waals surface area contributed by atoms with Crippen LogP contribution < -0.4 is 16.0 Å². The van der Waals surface area contributed by atoms with E-state index in [1.54, 1.807) is 11.8 Å². The Balaban J connectivity index is 1.49. The molecule has 0 unspecified atom stereocenters. The third-order valence-corrected chi connectivity index (χ3v) is 8.62. The summed E-state index contributed by atoms with van der Waals surface area (Å²) in [7, 11) is 0. The van der Waals surface area contributed by atoms with Crippen molar-refractivity contribution < 1.29 is 14.3 Å². The predicted molar refractivity (Wildman–Crippen MR) is 170 cm³/mol. The molecule has 0 heterocycles. The number of amides is 2. The quantitative estimate of drug-likeness (QED) is 0.203. The van der Waals surface area contributed by atoms with Crippen LogP contribution in [0.5, 0.6) is 0 Å². The minimum atomic E-state index is -0.439. The molecule has 1 aliphatic carbocycles. The second kappa shape index (κ2) is 15.9.